The van der Waals surface area contributed by atoms with Gasteiger partial charge in [-0.15, -0.1) is 0 Å². The molecule has 7 nitrogen and oxygen atoms in total. The third-order valence-electron chi connectivity index (χ3n) is 5.10. The second-order valence-electron chi connectivity index (χ2n) is 6.85. The number of rotatable bonds is 5. The molecule has 1 N–H and O–H groups in total. The molecule has 1 aromatic rings. The van der Waals surface area contributed by atoms with Crippen molar-refractivity contribution in [3.63, 3.8) is 0 Å². The van der Waals surface area contributed by atoms with Crippen LogP contribution in [-0.4, -0.2) is 60.3 Å². The average molecular weight is 380 g/mol. The first-order valence-electron chi connectivity index (χ1n) is 9.03. The minimum absolute atomic E-state index is 0.0212. The average Bonchev–Trinajstić information content (AvgIpc) is 3.09. The fourth-order valence-corrected chi connectivity index (χ4v) is 5.49. The fraction of sp³-hybridized carbons (Fsp3) is 0.556. The van der Waals surface area contributed by atoms with Crippen molar-refractivity contribution in [1.82, 2.24) is 9.21 Å². The van der Waals surface area contributed by atoms with Crippen molar-refractivity contribution in [3.05, 3.63) is 29.8 Å². The molecule has 0 aromatic heterocycles. The van der Waals surface area contributed by atoms with E-state index in [0.29, 0.717) is 26.1 Å². The van der Waals surface area contributed by atoms with E-state index in [1.54, 1.807) is 12.1 Å². The smallest absolute Gasteiger partial charge is 0.305 e. The number of carbonyl (C=O) groups excluding carboxylic acids is 1. The second kappa shape index (κ2) is 7.75. The lowest BCUT2D eigenvalue weighted by Gasteiger charge is -2.28. The molecule has 1 atom stereocenters. The fourth-order valence-electron chi connectivity index (χ4n) is 3.78. The lowest BCUT2D eigenvalue weighted by molar-refractivity contribution is -0.137. The number of carbonyl (C=O) groups is 2. The van der Waals surface area contributed by atoms with Crippen LogP contribution >= 0.6 is 0 Å². The van der Waals surface area contributed by atoms with Crippen molar-refractivity contribution < 1.29 is 23.1 Å². The summed E-state index contributed by atoms with van der Waals surface area (Å²) in [4.78, 5) is 25.6. The molecule has 142 valence electrons. The van der Waals surface area contributed by atoms with Crippen molar-refractivity contribution >= 4 is 21.9 Å². The Morgan fingerprint density at radius 1 is 1.04 bits per heavy atom. The van der Waals surface area contributed by atoms with Crippen LogP contribution in [0.5, 0.6) is 0 Å². The van der Waals surface area contributed by atoms with E-state index >= 15 is 0 Å². The van der Waals surface area contributed by atoms with E-state index in [2.05, 4.69) is 0 Å². The maximum absolute atomic E-state index is 13.0. The highest BCUT2D eigenvalue weighted by Crippen LogP contribution is 2.28. The maximum Gasteiger partial charge on any atom is 0.305 e. The summed E-state index contributed by atoms with van der Waals surface area (Å²) in [5, 5.41) is 9.06. The number of carboxylic acids is 1. The molecule has 2 fully saturated rings. The molecular weight excluding hydrogens is 356 g/mol. The van der Waals surface area contributed by atoms with Gasteiger partial charge in [-0.2, -0.15) is 4.31 Å². The van der Waals surface area contributed by atoms with Crippen molar-refractivity contribution in [2.45, 2.75) is 49.5 Å². The van der Waals surface area contributed by atoms with Crippen LogP contribution in [0.4, 0.5) is 0 Å². The predicted molar refractivity (Wildman–Crippen MR) is 95.4 cm³/mol. The summed E-state index contributed by atoms with van der Waals surface area (Å²) in [6.07, 6.45) is 3.89. The minimum Gasteiger partial charge on any atom is -0.481 e. The van der Waals surface area contributed by atoms with E-state index in [1.807, 2.05) is 0 Å². The van der Waals surface area contributed by atoms with Crippen LogP contribution in [0.1, 0.15) is 48.9 Å². The number of benzene rings is 1. The number of hydrogen-bond donors (Lipinski definition) is 1. The Kier molecular flexibility index (Phi) is 5.62. The molecule has 1 amide bonds. The molecule has 3 rings (SSSR count). The van der Waals surface area contributed by atoms with Crippen LogP contribution in [0.15, 0.2) is 29.2 Å². The van der Waals surface area contributed by atoms with Crippen molar-refractivity contribution in [2.24, 2.45) is 0 Å². The Labute approximate surface area is 153 Å². The topological polar surface area (TPSA) is 95.0 Å². The summed E-state index contributed by atoms with van der Waals surface area (Å²) in [6.45, 7) is 1.39. The van der Waals surface area contributed by atoms with Crippen LogP contribution in [0.2, 0.25) is 0 Å². The molecule has 2 heterocycles. The van der Waals surface area contributed by atoms with E-state index < -0.39 is 21.9 Å². The molecule has 0 spiro atoms. The van der Waals surface area contributed by atoms with E-state index in [9.17, 15) is 18.0 Å². The Morgan fingerprint density at radius 3 is 2.42 bits per heavy atom. The third-order valence-corrected chi connectivity index (χ3v) is 7.06. The number of carboxylic acid groups (broad SMARTS) is 1. The zero-order valence-corrected chi connectivity index (χ0v) is 15.5. The zero-order chi connectivity index (χ0) is 18.7. The normalized spacial score (nSPS) is 21.7. The van der Waals surface area contributed by atoms with Crippen LogP contribution in [0.25, 0.3) is 0 Å². The number of aliphatic carboxylic acids is 1. The molecule has 2 aliphatic heterocycles. The van der Waals surface area contributed by atoms with Gasteiger partial charge in [-0.05, 0) is 37.8 Å². The molecule has 1 aromatic carbocycles. The maximum atomic E-state index is 13.0. The van der Waals surface area contributed by atoms with Crippen LogP contribution in [0, 0.1) is 0 Å². The molecular formula is C18H24N2O5S. The minimum atomic E-state index is -3.74. The number of sulfonamides is 1. The number of hydrogen-bond acceptors (Lipinski definition) is 4. The molecule has 2 aliphatic rings. The predicted octanol–water partition coefficient (Wildman–Crippen LogP) is 1.94. The first-order valence-corrected chi connectivity index (χ1v) is 10.5. The number of amides is 1. The lowest BCUT2D eigenvalue weighted by atomic mass is 10.1. The van der Waals surface area contributed by atoms with Gasteiger partial charge in [0.05, 0.1) is 16.9 Å². The molecule has 0 bridgehead atoms. The standard InChI is InChI=1S/C18H24N2O5S/c21-17(22)13-14-7-6-12-20(14)18(23)15-8-2-3-9-16(15)26(24,25)19-10-4-1-5-11-19/h2-3,8-9,14H,1,4-7,10-13H2,(H,21,22). The van der Waals surface area contributed by atoms with Crippen molar-refractivity contribution in [3.8, 4) is 0 Å². The Morgan fingerprint density at radius 2 is 1.73 bits per heavy atom. The third kappa shape index (κ3) is 3.76. The highest BCUT2D eigenvalue weighted by molar-refractivity contribution is 7.89. The van der Waals surface area contributed by atoms with Gasteiger partial charge in [-0.3, -0.25) is 9.59 Å². The Hall–Kier alpha value is -1.93. The molecule has 1 unspecified atom stereocenters. The van der Waals surface area contributed by atoms with E-state index in [4.69, 9.17) is 5.11 Å². The van der Waals surface area contributed by atoms with E-state index in [1.165, 1.54) is 21.3 Å². The van der Waals surface area contributed by atoms with Gasteiger partial charge in [0.25, 0.3) is 5.91 Å². The summed E-state index contributed by atoms with van der Waals surface area (Å²) in [7, 11) is -3.74. The van der Waals surface area contributed by atoms with E-state index in [-0.39, 0.29) is 22.9 Å². The van der Waals surface area contributed by atoms with Crippen LogP contribution in [0.3, 0.4) is 0 Å². The summed E-state index contributed by atoms with van der Waals surface area (Å²) in [5.74, 6) is -1.35. The van der Waals surface area contributed by atoms with Gasteiger partial charge in [0.1, 0.15) is 0 Å². The van der Waals surface area contributed by atoms with Crippen LogP contribution in [-0.2, 0) is 14.8 Å². The molecule has 8 heteroatoms. The van der Waals surface area contributed by atoms with Crippen LogP contribution < -0.4 is 0 Å². The van der Waals surface area contributed by atoms with Gasteiger partial charge < -0.3 is 10.0 Å². The number of piperidine rings is 1. The van der Waals surface area contributed by atoms with E-state index in [0.717, 1.165) is 25.7 Å². The first kappa shape index (κ1) is 18.8. The first-order chi connectivity index (χ1) is 12.4. The summed E-state index contributed by atoms with van der Waals surface area (Å²) < 4.78 is 27.5. The largest absolute Gasteiger partial charge is 0.481 e. The second-order valence-corrected chi connectivity index (χ2v) is 8.76. The summed E-state index contributed by atoms with van der Waals surface area (Å²) >= 11 is 0. The lowest BCUT2D eigenvalue weighted by Crippen LogP contribution is -2.39. The highest BCUT2D eigenvalue weighted by atomic mass is 32.2. The molecule has 0 aliphatic carbocycles. The van der Waals surface area contributed by atoms with Gasteiger partial charge in [0.2, 0.25) is 10.0 Å². The van der Waals surface area contributed by atoms with Gasteiger partial charge in [-0.25, -0.2) is 8.42 Å². The zero-order valence-electron chi connectivity index (χ0n) is 14.6. The molecule has 2 saturated heterocycles. The SMILES string of the molecule is O=C(O)CC1CCCN1C(=O)c1ccccc1S(=O)(=O)N1CCCCC1. The van der Waals surface area contributed by atoms with Crippen molar-refractivity contribution in [1.29, 1.82) is 0 Å². The van der Waals surface area contributed by atoms with Crippen molar-refractivity contribution in [2.75, 3.05) is 19.6 Å². The van der Waals surface area contributed by atoms with Gasteiger partial charge in [0, 0.05) is 25.7 Å². The van der Waals surface area contributed by atoms with Gasteiger partial charge in [-0.1, -0.05) is 18.6 Å². The highest BCUT2D eigenvalue weighted by Gasteiger charge is 2.35. The number of nitrogens with zero attached hydrogens (tertiary/aromatic N) is 2. The number of likely N-dealkylation sites (tertiary alicyclic amines) is 1. The van der Waals surface area contributed by atoms with Gasteiger partial charge >= 0.3 is 5.97 Å². The molecule has 0 radical (unpaired) electrons. The Bertz CT molecular complexity index is 787. The Balaban J connectivity index is 1.91. The summed E-state index contributed by atoms with van der Waals surface area (Å²) in [6, 6.07) is 5.87. The molecule has 26 heavy (non-hydrogen) atoms. The molecule has 0 saturated carbocycles. The quantitative estimate of drug-likeness (QED) is 0.842. The monoisotopic (exact) mass is 380 g/mol. The van der Waals surface area contributed by atoms with Gasteiger partial charge in [0.15, 0.2) is 0 Å². The summed E-state index contributed by atoms with van der Waals surface area (Å²) in [5.41, 5.74) is 0.135.